The van der Waals surface area contributed by atoms with Gasteiger partial charge in [0.1, 0.15) is 5.75 Å². The van der Waals surface area contributed by atoms with Gasteiger partial charge in [-0.25, -0.2) is 4.79 Å². The van der Waals surface area contributed by atoms with Crippen molar-refractivity contribution in [2.75, 3.05) is 28.3 Å². The van der Waals surface area contributed by atoms with Gasteiger partial charge in [0.05, 0.1) is 17.1 Å². The molecule has 4 aromatic rings. The van der Waals surface area contributed by atoms with Gasteiger partial charge in [-0.05, 0) is 66.1 Å². The Morgan fingerprint density at radius 1 is 1.05 bits per heavy atom. The Kier molecular flexibility index (Phi) is 8.39. The summed E-state index contributed by atoms with van der Waals surface area (Å²) in [5.74, 6) is 0.571. The Morgan fingerprint density at radius 3 is 2.40 bits per heavy atom. The van der Waals surface area contributed by atoms with Crippen LogP contribution < -0.4 is 20.3 Å². The van der Waals surface area contributed by atoms with Crippen molar-refractivity contribution < 1.29 is 27.5 Å². The molecule has 3 aromatic carbocycles. The number of hydrogen-bond donors (Lipinski definition) is 2. The van der Waals surface area contributed by atoms with Crippen molar-refractivity contribution >= 4 is 46.2 Å². The van der Waals surface area contributed by atoms with Crippen molar-refractivity contribution in [2.24, 2.45) is 4.99 Å². The van der Waals surface area contributed by atoms with Crippen LogP contribution in [-0.2, 0) is 4.79 Å². The standard InChI is InChI=1S/C29H26F3N7O3S/c1-17(2)22-6-4-5-7-23(22)38-24(40)16-43-28(38)36-27(41)34-19-10-8-18(9-11-19)25-35-26(33-3)39(37-25)20-12-14-21(15-13-20)42-29(30,31)32/h4-15,17H,16H2,1-3H3,(H,34,41)(H,33,35,37)/b36-28-. The van der Waals surface area contributed by atoms with Gasteiger partial charge in [0, 0.05) is 18.3 Å². The van der Waals surface area contributed by atoms with E-state index in [1.165, 1.54) is 45.6 Å². The van der Waals surface area contributed by atoms with E-state index in [0.29, 0.717) is 39.6 Å². The summed E-state index contributed by atoms with van der Waals surface area (Å²) >= 11 is 1.20. The molecule has 0 unspecified atom stereocenters. The number of nitrogens with one attached hydrogen (secondary N) is 2. The molecule has 0 atom stereocenters. The third-order valence-corrected chi connectivity index (χ3v) is 7.23. The number of amidine groups is 1. The minimum Gasteiger partial charge on any atom is -0.406 e. The predicted octanol–water partition coefficient (Wildman–Crippen LogP) is 6.67. The van der Waals surface area contributed by atoms with Gasteiger partial charge in [-0.15, -0.1) is 18.3 Å². The number of urea groups is 1. The number of hydrogen-bond acceptors (Lipinski definition) is 7. The van der Waals surface area contributed by atoms with Gasteiger partial charge in [-0.2, -0.15) is 14.7 Å². The van der Waals surface area contributed by atoms with Crippen molar-refractivity contribution in [2.45, 2.75) is 26.1 Å². The zero-order valence-electron chi connectivity index (χ0n) is 23.2. The zero-order valence-corrected chi connectivity index (χ0v) is 24.0. The number of carbonyl (C=O) groups excluding carboxylic acids is 2. The van der Waals surface area contributed by atoms with Gasteiger partial charge in [0.15, 0.2) is 11.0 Å². The molecular formula is C29H26F3N7O3S. The number of thioether (sulfide) groups is 1. The molecule has 0 spiro atoms. The van der Waals surface area contributed by atoms with Crippen LogP contribution in [0.2, 0.25) is 0 Å². The lowest BCUT2D eigenvalue weighted by Gasteiger charge is -2.21. The van der Waals surface area contributed by atoms with Crippen LogP contribution in [0, 0.1) is 0 Å². The highest BCUT2D eigenvalue weighted by atomic mass is 32.2. The van der Waals surface area contributed by atoms with E-state index < -0.39 is 12.4 Å². The third kappa shape index (κ3) is 6.80. The Bertz CT molecular complexity index is 1670. The van der Waals surface area contributed by atoms with Gasteiger partial charge < -0.3 is 15.4 Å². The number of para-hydroxylation sites is 1. The largest absolute Gasteiger partial charge is 0.573 e. The van der Waals surface area contributed by atoms with Gasteiger partial charge in [0.25, 0.3) is 0 Å². The Labute approximate surface area is 249 Å². The second kappa shape index (κ2) is 12.2. The van der Waals surface area contributed by atoms with Crippen LogP contribution in [0.3, 0.4) is 0 Å². The van der Waals surface area contributed by atoms with E-state index in [1.54, 1.807) is 31.3 Å². The molecule has 1 saturated heterocycles. The van der Waals surface area contributed by atoms with Gasteiger partial charge in [-0.3, -0.25) is 9.69 Å². The van der Waals surface area contributed by atoms with Crippen molar-refractivity contribution in [3.63, 3.8) is 0 Å². The average Bonchev–Trinajstić information content (AvgIpc) is 3.56. The van der Waals surface area contributed by atoms with Gasteiger partial charge >= 0.3 is 12.4 Å². The molecule has 1 fully saturated rings. The maximum atomic E-state index is 12.8. The van der Waals surface area contributed by atoms with Gasteiger partial charge in [0.2, 0.25) is 11.9 Å². The number of benzene rings is 3. The maximum Gasteiger partial charge on any atom is 0.573 e. The number of alkyl halides is 3. The Balaban J connectivity index is 1.31. The topological polar surface area (TPSA) is 114 Å². The quantitative estimate of drug-likeness (QED) is 0.241. The molecule has 1 aromatic heterocycles. The molecule has 5 rings (SSSR count). The van der Waals surface area contributed by atoms with E-state index in [4.69, 9.17) is 0 Å². The number of halogens is 3. The average molecular weight is 610 g/mol. The second-order valence-electron chi connectivity index (χ2n) is 9.60. The van der Waals surface area contributed by atoms with Crippen LogP contribution >= 0.6 is 11.8 Å². The van der Waals surface area contributed by atoms with E-state index in [9.17, 15) is 22.8 Å². The highest BCUT2D eigenvalue weighted by Crippen LogP contribution is 2.33. The molecule has 0 bridgehead atoms. The number of aliphatic imine (C=N–C) groups is 1. The Hall–Kier alpha value is -4.85. The highest BCUT2D eigenvalue weighted by molar-refractivity contribution is 8.15. The van der Waals surface area contributed by atoms with E-state index >= 15 is 0 Å². The molecule has 2 heterocycles. The number of anilines is 3. The van der Waals surface area contributed by atoms with E-state index in [-0.39, 0.29) is 23.3 Å². The summed E-state index contributed by atoms with van der Waals surface area (Å²) in [6, 6.07) is 18.9. The molecule has 0 saturated carbocycles. The fourth-order valence-electron chi connectivity index (χ4n) is 4.37. The summed E-state index contributed by atoms with van der Waals surface area (Å²) in [4.78, 5) is 35.6. The minimum absolute atomic E-state index is 0.146. The van der Waals surface area contributed by atoms with E-state index in [2.05, 4.69) is 30.4 Å². The lowest BCUT2D eigenvalue weighted by Crippen LogP contribution is -2.31. The first-order valence-electron chi connectivity index (χ1n) is 13.1. The van der Waals surface area contributed by atoms with Crippen LogP contribution in [0.4, 0.5) is 35.3 Å². The summed E-state index contributed by atoms with van der Waals surface area (Å²) in [5.41, 5.74) is 3.25. The summed E-state index contributed by atoms with van der Waals surface area (Å²) in [6.07, 6.45) is -4.79. The van der Waals surface area contributed by atoms with E-state index in [0.717, 1.165) is 5.56 Å². The van der Waals surface area contributed by atoms with Crippen LogP contribution in [-0.4, -0.2) is 51.0 Å². The number of rotatable bonds is 7. The summed E-state index contributed by atoms with van der Waals surface area (Å²) < 4.78 is 42.8. The number of aromatic nitrogens is 3. The van der Waals surface area contributed by atoms with Crippen molar-refractivity contribution in [1.82, 2.24) is 14.8 Å². The second-order valence-corrected chi connectivity index (χ2v) is 10.5. The first kappa shape index (κ1) is 29.6. The van der Waals surface area contributed by atoms with Crippen LogP contribution in [0.15, 0.2) is 77.8 Å². The number of ether oxygens (including phenoxy) is 1. The van der Waals surface area contributed by atoms with Crippen molar-refractivity contribution in [1.29, 1.82) is 0 Å². The molecule has 1 aliphatic heterocycles. The Morgan fingerprint density at radius 2 is 1.74 bits per heavy atom. The number of amides is 3. The summed E-state index contributed by atoms with van der Waals surface area (Å²) in [5, 5.41) is 10.4. The van der Waals surface area contributed by atoms with Crippen LogP contribution in [0.25, 0.3) is 17.1 Å². The fraction of sp³-hybridized carbons (Fsp3) is 0.207. The molecule has 3 amide bonds. The van der Waals surface area contributed by atoms with Crippen LogP contribution in [0.5, 0.6) is 5.75 Å². The monoisotopic (exact) mass is 609 g/mol. The first-order valence-corrected chi connectivity index (χ1v) is 14.1. The summed E-state index contributed by atoms with van der Waals surface area (Å²) in [7, 11) is 1.64. The SMILES string of the molecule is CNc1nc(-c2ccc(NC(=O)/N=C3\SCC(=O)N3c3ccccc3C(C)C)cc2)nn1-c1ccc(OC(F)(F)F)cc1. The van der Waals surface area contributed by atoms with Gasteiger partial charge in [-0.1, -0.05) is 43.8 Å². The lowest BCUT2D eigenvalue weighted by atomic mass is 10.0. The first-order chi connectivity index (χ1) is 20.5. The van der Waals surface area contributed by atoms with Crippen LogP contribution in [0.1, 0.15) is 25.3 Å². The molecule has 1 aliphatic rings. The molecule has 10 nitrogen and oxygen atoms in total. The van der Waals surface area contributed by atoms with Crippen molar-refractivity contribution in [3.05, 3.63) is 78.4 Å². The maximum absolute atomic E-state index is 12.8. The third-order valence-electron chi connectivity index (χ3n) is 6.30. The fourth-order valence-corrected chi connectivity index (χ4v) is 5.23. The highest BCUT2D eigenvalue weighted by Gasteiger charge is 2.32. The number of nitrogens with zero attached hydrogens (tertiary/aromatic N) is 5. The minimum atomic E-state index is -4.79. The molecular weight excluding hydrogens is 583 g/mol. The smallest absolute Gasteiger partial charge is 0.406 e. The van der Waals surface area contributed by atoms with E-state index in [1.807, 2.05) is 38.1 Å². The molecule has 0 aliphatic carbocycles. The molecule has 2 N–H and O–H groups in total. The van der Waals surface area contributed by atoms with Crippen molar-refractivity contribution in [3.8, 4) is 22.8 Å². The molecule has 222 valence electrons. The zero-order chi connectivity index (χ0) is 30.7. The molecule has 43 heavy (non-hydrogen) atoms. The molecule has 14 heteroatoms. The summed E-state index contributed by atoms with van der Waals surface area (Å²) in [6.45, 7) is 4.07. The molecule has 0 radical (unpaired) electrons. The lowest BCUT2D eigenvalue weighted by molar-refractivity contribution is -0.274. The normalized spacial score (nSPS) is 14.4. The number of carbonyl (C=O) groups is 2. The predicted molar refractivity (Wildman–Crippen MR) is 160 cm³/mol.